The molecule has 5 nitrogen and oxygen atoms in total. The van der Waals surface area contributed by atoms with Gasteiger partial charge in [-0.2, -0.15) is 0 Å². The smallest absolute Gasteiger partial charge is 0.318 e. The van der Waals surface area contributed by atoms with Crippen LogP contribution < -0.4 is 5.32 Å². The van der Waals surface area contributed by atoms with Gasteiger partial charge in [-0.05, 0) is 37.5 Å². The Morgan fingerprint density at radius 1 is 1.58 bits per heavy atom. The highest BCUT2D eigenvalue weighted by atomic mass is 19.1. The number of hydrogen-bond donors (Lipinski definition) is 1. The Morgan fingerprint density at radius 3 is 2.92 bits per heavy atom. The van der Waals surface area contributed by atoms with E-state index in [2.05, 4.69) is 11.9 Å². The minimum absolute atomic E-state index is 0.0680. The molecule has 1 aliphatic rings. The van der Waals surface area contributed by atoms with Crippen LogP contribution in [0.15, 0.2) is 30.9 Å². The molecule has 0 aliphatic carbocycles. The molecule has 2 rings (SSSR count). The normalized spacial score (nSPS) is 18.4. The Morgan fingerprint density at radius 2 is 2.29 bits per heavy atom. The van der Waals surface area contributed by atoms with Gasteiger partial charge in [0.15, 0.2) is 0 Å². The fourth-order valence-corrected chi connectivity index (χ4v) is 2.81. The van der Waals surface area contributed by atoms with Gasteiger partial charge in [0.25, 0.3) is 0 Å². The van der Waals surface area contributed by atoms with Crippen LogP contribution in [0.5, 0.6) is 0 Å². The van der Waals surface area contributed by atoms with Crippen molar-refractivity contribution in [2.24, 2.45) is 0 Å². The van der Waals surface area contributed by atoms with Crippen LogP contribution in [0.25, 0.3) is 0 Å². The zero-order valence-corrected chi connectivity index (χ0v) is 14.4. The van der Waals surface area contributed by atoms with Crippen LogP contribution in [0.2, 0.25) is 0 Å². The average Bonchev–Trinajstić information content (AvgIpc) is 2.90. The first-order valence-electron chi connectivity index (χ1n) is 8.04. The number of hydrogen-bond acceptors (Lipinski definition) is 2. The van der Waals surface area contributed by atoms with E-state index >= 15 is 0 Å². The van der Waals surface area contributed by atoms with Crippen LogP contribution in [-0.2, 0) is 4.79 Å². The number of amides is 3. The highest BCUT2D eigenvalue weighted by Gasteiger charge is 2.36. The van der Waals surface area contributed by atoms with Crippen LogP contribution in [0.4, 0.5) is 9.18 Å². The quantitative estimate of drug-likeness (QED) is 0.842. The third-order valence-corrected chi connectivity index (χ3v) is 4.44. The fraction of sp³-hybridized carbons (Fsp3) is 0.444. The van der Waals surface area contributed by atoms with E-state index in [4.69, 9.17) is 0 Å². The molecule has 0 spiro atoms. The van der Waals surface area contributed by atoms with E-state index in [0.717, 1.165) is 0 Å². The first-order valence-corrected chi connectivity index (χ1v) is 8.04. The van der Waals surface area contributed by atoms with Gasteiger partial charge in [-0.1, -0.05) is 18.2 Å². The number of aryl methyl sites for hydroxylation is 1. The number of benzene rings is 1. The minimum atomic E-state index is -0.466. The number of halogens is 1. The van der Waals surface area contributed by atoms with E-state index in [1.54, 1.807) is 44.0 Å². The lowest BCUT2D eigenvalue weighted by Gasteiger charge is -2.26. The molecule has 0 radical (unpaired) electrons. The molecule has 1 aromatic carbocycles. The van der Waals surface area contributed by atoms with Crippen molar-refractivity contribution in [3.8, 4) is 0 Å². The molecule has 2 atom stereocenters. The van der Waals surface area contributed by atoms with Crippen molar-refractivity contribution in [1.82, 2.24) is 15.1 Å². The summed E-state index contributed by atoms with van der Waals surface area (Å²) >= 11 is 0. The van der Waals surface area contributed by atoms with Gasteiger partial charge in [0.1, 0.15) is 11.9 Å². The molecule has 0 unspecified atom stereocenters. The van der Waals surface area contributed by atoms with Crippen molar-refractivity contribution in [3.05, 3.63) is 47.8 Å². The summed E-state index contributed by atoms with van der Waals surface area (Å²) < 4.78 is 13.7. The van der Waals surface area contributed by atoms with E-state index in [1.165, 1.54) is 11.0 Å². The first kappa shape index (κ1) is 18.0. The monoisotopic (exact) mass is 333 g/mol. The second kappa shape index (κ2) is 7.47. The van der Waals surface area contributed by atoms with Gasteiger partial charge >= 0.3 is 6.03 Å². The molecule has 1 N–H and O–H groups in total. The number of carbonyl (C=O) groups is 2. The first-order chi connectivity index (χ1) is 11.3. The number of likely N-dealkylation sites (tertiary alicyclic amines) is 1. The third kappa shape index (κ3) is 3.75. The summed E-state index contributed by atoms with van der Waals surface area (Å²) in [5.41, 5.74) is 1.25. The molecule has 1 saturated heterocycles. The van der Waals surface area contributed by atoms with Crippen LogP contribution in [0.3, 0.4) is 0 Å². The van der Waals surface area contributed by atoms with E-state index < -0.39 is 6.04 Å². The van der Waals surface area contributed by atoms with Gasteiger partial charge < -0.3 is 15.1 Å². The number of carbonyl (C=O) groups excluding carboxylic acids is 2. The van der Waals surface area contributed by atoms with Gasteiger partial charge in [0.2, 0.25) is 5.91 Å². The predicted molar refractivity (Wildman–Crippen MR) is 91.0 cm³/mol. The summed E-state index contributed by atoms with van der Waals surface area (Å²) in [4.78, 5) is 27.8. The van der Waals surface area contributed by atoms with Crippen molar-refractivity contribution in [2.45, 2.75) is 32.4 Å². The van der Waals surface area contributed by atoms with E-state index in [-0.39, 0.29) is 23.8 Å². The molecule has 0 bridgehead atoms. The number of nitrogens with one attached hydrogen (secondary N) is 1. The van der Waals surface area contributed by atoms with Crippen LogP contribution in [0, 0.1) is 12.7 Å². The maximum Gasteiger partial charge on any atom is 0.318 e. The molecule has 0 saturated carbocycles. The van der Waals surface area contributed by atoms with Crippen molar-refractivity contribution < 1.29 is 14.0 Å². The van der Waals surface area contributed by atoms with Gasteiger partial charge in [-0.3, -0.25) is 4.79 Å². The summed E-state index contributed by atoms with van der Waals surface area (Å²) in [7, 11) is 1.61. The summed E-state index contributed by atoms with van der Waals surface area (Å²) in [5, 5.41) is 2.82. The lowest BCUT2D eigenvalue weighted by atomic mass is 10.1. The van der Waals surface area contributed by atoms with Crippen molar-refractivity contribution in [3.63, 3.8) is 0 Å². The van der Waals surface area contributed by atoms with Crippen molar-refractivity contribution >= 4 is 11.9 Å². The second-order valence-electron chi connectivity index (χ2n) is 6.17. The molecule has 3 amide bonds. The number of rotatable bonds is 5. The third-order valence-electron chi connectivity index (χ3n) is 4.44. The van der Waals surface area contributed by atoms with Crippen LogP contribution in [-0.4, -0.2) is 47.9 Å². The highest BCUT2D eigenvalue weighted by molar-refractivity contribution is 5.88. The maximum absolute atomic E-state index is 13.7. The van der Waals surface area contributed by atoms with E-state index in [9.17, 15) is 14.0 Å². The Balaban J connectivity index is 1.99. The Bertz CT molecular complexity index is 647. The topological polar surface area (TPSA) is 52.6 Å². The number of urea groups is 1. The lowest BCUT2D eigenvalue weighted by molar-refractivity contribution is -0.130. The van der Waals surface area contributed by atoms with Crippen molar-refractivity contribution in [1.29, 1.82) is 0 Å². The molecule has 1 aliphatic heterocycles. The number of likely N-dealkylation sites (N-methyl/N-ethyl adjacent to an activating group) is 1. The summed E-state index contributed by atoms with van der Waals surface area (Å²) in [6, 6.07) is 3.73. The van der Waals surface area contributed by atoms with Gasteiger partial charge in [-0.15, -0.1) is 6.58 Å². The standard InChI is InChI=1S/C18H24FN3O2/c1-5-9-22-10-8-16(17(22)23)21(4)18(24)20-13(3)14-7-6-12(2)15(19)11-14/h5-7,11,13,16H,1,8-10H2,2-4H3,(H,20,24)/t13-,16+/m1/s1. The summed E-state index contributed by atoms with van der Waals surface area (Å²) in [5.74, 6) is -0.366. The van der Waals surface area contributed by atoms with E-state index in [1.807, 2.05) is 0 Å². The highest BCUT2D eigenvalue weighted by Crippen LogP contribution is 2.19. The van der Waals surface area contributed by atoms with Gasteiger partial charge in [0, 0.05) is 20.1 Å². The zero-order valence-electron chi connectivity index (χ0n) is 14.4. The second-order valence-corrected chi connectivity index (χ2v) is 6.17. The zero-order chi connectivity index (χ0) is 17.9. The minimum Gasteiger partial charge on any atom is -0.337 e. The molecular weight excluding hydrogens is 309 g/mol. The summed E-state index contributed by atoms with van der Waals surface area (Å²) in [6.45, 7) is 8.22. The lowest BCUT2D eigenvalue weighted by Crippen LogP contribution is -2.47. The Hall–Kier alpha value is -2.37. The largest absolute Gasteiger partial charge is 0.337 e. The molecule has 24 heavy (non-hydrogen) atoms. The van der Waals surface area contributed by atoms with E-state index in [0.29, 0.717) is 30.6 Å². The predicted octanol–water partition coefficient (Wildman–Crippen LogP) is 2.62. The molecule has 1 fully saturated rings. The molecule has 6 heteroatoms. The van der Waals surface area contributed by atoms with Crippen molar-refractivity contribution in [2.75, 3.05) is 20.1 Å². The Kier molecular flexibility index (Phi) is 5.59. The summed E-state index contributed by atoms with van der Waals surface area (Å²) in [6.07, 6.45) is 2.28. The van der Waals surface area contributed by atoms with Crippen LogP contribution >= 0.6 is 0 Å². The molecule has 0 aromatic heterocycles. The Labute approximate surface area is 142 Å². The SMILES string of the molecule is C=CCN1CC[C@H](N(C)C(=O)N[C@H](C)c2ccc(C)c(F)c2)C1=O. The molecule has 1 heterocycles. The average molecular weight is 333 g/mol. The van der Waals surface area contributed by atoms with Gasteiger partial charge in [-0.25, -0.2) is 9.18 Å². The van der Waals surface area contributed by atoms with Crippen LogP contribution in [0.1, 0.15) is 30.5 Å². The molecule has 1 aromatic rings. The molecular formula is C18H24FN3O2. The fourth-order valence-electron chi connectivity index (χ4n) is 2.81. The maximum atomic E-state index is 13.7. The van der Waals surface area contributed by atoms with Gasteiger partial charge in [0.05, 0.1) is 6.04 Å². The molecule has 130 valence electrons. The number of nitrogens with zero attached hydrogens (tertiary/aromatic N) is 2.